The molecule has 0 aliphatic carbocycles. The fourth-order valence-electron chi connectivity index (χ4n) is 2.18. The molecular formula is C18H23NO2S. The average molecular weight is 317 g/mol. The zero-order chi connectivity index (χ0) is 16.2. The highest BCUT2D eigenvalue weighted by Gasteiger charge is 2.13. The van der Waals surface area contributed by atoms with Gasteiger partial charge >= 0.3 is 0 Å². The molecule has 2 aromatic rings. The Morgan fingerprint density at radius 3 is 2.14 bits per heavy atom. The third kappa shape index (κ3) is 4.18. The summed E-state index contributed by atoms with van der Waals surface area (Å²) in [7, 11) is -3.46. The van der Waals surface area contributed by atoms with Gasteiger partial charge in [-0.1, -0.05) is 55.8 Å². The Balaban J connectivity index is 2.04. The number of benzene rings is 2. The molecule has 22 heavy (non-hydrogen) atoms. The molecule has 1 N–H and O–H groups in total. The molecule has 0 radical (unpaired) electrons. The Kier molecular flexibility index (Phi) is 5.37. The van der Waals surface area contributed by atoms with Crippen molar-refractivity contribution in [1.82, 2.24) is 4.72 Å². The Bertz CT molecular complexity index is 704. The van der Waals surface area contributed by atoms with Gasteiger partial charge in [0.25, 0.3) is 0 Å². The lowest BCUT2D eigenvalue weighted by Crippen LogP contribution is -2.23. The van der Waals surface area contributed by atoms with Gasteiger partial charge < -0.3 is 0 Å². The monoisotopic (exact) mass is 317 g/mol. The van der Waals surface area contributed by atoms with E-state index < -0.39 is 10.0 Å². The molecule has 3 nitrogen and oxygen atoms in total. The minimum absolute atomic E-state index is 0.300. The lowest BCUT2D eigenvalue weighted by atomic mass is 9.98. The van der Waals surface area contributed by atoms with E-state index in [1.54, 1.807) is 24.3 Å². The van der Waals surface area contributed by atoms with Crippen LogP contribution in [-0.4, -0.2) is 8.42 Å². The van der Waals surface area contributed by atoms with E-state index in [0.29, 0.717) is 17.4 Å². The third-order valence-corrected chi connectivity index (χ3v) is 5.38. The van der Waals surface area contributed by atoms with E-state index >= 15 is 0 Å². The third-order valence-electron chi connectivity index (χ3n) is 3.96. The minimum Gasteiger partial charge on any atom is -0.207 e. The zero-order valence-electron chi connectivity index (χ0n) is 13.3. The molecule has 2 rings (SSSR count). The van der Waals surface area contributed by atoms with E-state index in [0.717, 1.165) is 17.5 Å². The van der Waals surface area contributed by atoms with Crippen LogP contribution in [0, 0.1) is 6.92 Å². The molecule has 0 spiro atoms. The first kappa shape index (κ1) is 16.7. The lowest BCUT2D eigenvalue weighted by Gasteiger charge is -2.11. The minimum atomic E-state index is -3.46. The van der Waals surface area contributed by atoms with Crippen molar-refractivity contribution in [3.63, 3.8) is 0 Å². The van der Waals surface area contributed by atoms with Crippen LogP contribution in [0.15, 0.2) is 53.4 Å². The highest BCUT2D eigenvalue weighted by Crippen LogP contribution is 2.19. The molecule has 0 saturated carbocycles. The molecule has 0 aromatic heterocycles. The molecule has 0 heterocycles. The van der Waals surface area contributed by atoms with Gasteiger partial charge in [-0.3, -0.25) is 0 Å². The van der Waals surface area contributed by atoms with E-state index in [-0.39, 0.29) is 0 Å². The van der Waals surface area contributed by atoms with Crippen LogP contribution in [0.25, 0.3) is 0 Å². The molecule has 4 heteroatoms. The Morgan fingerprint density at radius 1 is 1.00 bits per heavy atom. The van der Waals surface area contributed by atoms with Crippen molar-refractivity contribution < 1.29 is 8.42 Å². The van der Waals surface area contributed by atoms with Crippen molar-refractivity contribution in [1.29, 1.82) is 0 Å². The summed E-state index contributed by atoms with van der Waals surface area (Å²) in [6, 6.07) is 15.0. The number of nitrogens with one attached hydrogen (secondary N) is 1. The average Bonchev–Trinajstić information content (AvgIpc) is 2.53. The Labute approximate surface area is 133 Å². The van der Waals surface area contributed by atoms with Gasteiger partial charge in [-0.2, -0.15) is 0 Å². The van der Waals surface area contributed by atoms with Crippen molar-refractivity contribution >= 4 is 10.0 Å². The van der Waals surface area contributed by atoms with Crippen LogP contribution in [0.3, 0.4) is 0 Å². The second-order valence-corrected chi connectivity index (χ2v) is 7.46. The number of sulfonamides is 1. The van der Waals surface area contributed by atoms with Crippen LogP contribution < -0.4 is 4.72 Å². The summed E-state index contributed by atoms with van der Waals surface area (Å²) >= 11 is 0. The van der Waals surface area contributed by atoms with Gasteiger partial charge in [-0.15, -0.1) is 0 Å². The van der Waals surface area contributed by atoms with Crippen LogP contribution in [0.4, 0.5) is 0 Å². The van der Waals surface area contributed by atoms with Crippen LogP contribution in [-0.2, 0) is 16.6 Å². The molecule has 0 fully saturated rings. The number of rotatable bonds is 6. The number of hydrogen-bond acceptors (Lipinski definition) is 2. The first-order valence-electron chi connectivity index (χ1n) is 7.57. The molecular weight excluding hydrogens is 294 g/mol. The van der Waals surface area contributed by atoms with Crippen molar-refractivity contribution in [3.05, 3.63) is 65.2 Å². The summed E-state index contributed by atoms with van der Waals surface area (Å²) in [6.07, 6.45) is 1.10. The molecule has 0 aliphatic rings. The predicted molar refractivity (Wildman–Crippen MR) is 90.4 cm³/mol. The molecule has 2 aromatic carbocycles. The summed E-state index contributed by atoms with van der Waals surface area (Å²) in [5.74, 6) is 0.526. The largest absolute Gasteiger partial charge is 0.240 e. The van der Waals surface area contributed by atoms with Crippen molar-refractivity contribution in [3.8, 4) is 0 Å². The predicted octanol–water partition coefficient (Wildman–Crippen LogP) is 3.99. The quantitative estimate of drug-likeness (QED) is 0.875. The SMILES string of the molecule is CCC(C)c1ccc(CNS(=O)(=O)c2ccc(C)cc2)cc1. The molecule has 1 atom stereocenters. The molecule has 0 amide bonds. The van der Waals surface area contributed by atoms with Crippen LogP contribution in [0.1, 0.15) is 42.9 Å². The zero-order valence-corrected chi connectivity index (χ0v) is 14.2. The van der Waals surface area contributed by atoms with Gasteiger partial charge in [0, 0.05) is 6.54 Å². The fraction of sp³-hybridized carbons (Fsp3) is 0.333. The smallest absolute Gasteiger partial charge is 0.207 e. The lowest BCUT2D eigenvalue weighted by molar-refractivity contribution is 0.581. The molecule has 0 saturated heterocycles. The molecule has 1 unspecified atom stereocenters. The van der Waals surface area contributed by atoms with Gasteiger partial charge in [-0.25, -0.2) is 13.1 Å². The summed E-state index contributed by atoms with van der Waals surface area (Å²) in [5, 5.41) is 0. The first-order valence-corrected chi connectivity index (χ1v) is 9.06. The van der Waals surface area contributed by atoms with E-state index in [9.17, 15) is 8.42 Å². The topological polar surface area (TPSA) is 46.2 Å². The van der Waals surface area contributed by atoms with E-state index in [1.165, 1.54) is 5.56 Å². The highest BCUT2D eigenvalue weighted by molar-refractivity contribution is 7.89. The van der Waals surface area contributed by atoms with E-state index in [2.05, 4.69) is 30.7 Å². The van der Waals surface area contributed by atoms with Crippen molar-refractivity contribution in [2.45, 2.75) is 44.6 Å². The van der Waals surface area contributed by atoms with Crippen LogP contribution in [0.2, 0.25) is 0 Å². The molecule has 0 aliphatic heterocycles. The summed E-state index contributed by atoms with van der Waals surface area (Å²) in [5.41, 5.74) is 3.29. The van der Waals surface area contributed by atoms with Crippen molar-refractivity contribution in [2.24, 2.45) is 0 Å². The van der Waals surface area contributed by atoms with E-state index in [4.69, 9.17) is 0 Å². The summed E-state index contributed by atoms with van der Waals surface area (Å²) < 4.78 is 27.1. The van der Waals surface area contributed by atoms with Crippen LogP contribution in [0.5, 0.6) is 0 Å². The van der Waals surface area contributed by atoms with Gasteiger partial charge in [0.15, 0.2) is 0 Å². The van der Waals surface area contributed by atoms with Crippen molar-refractivity contribution in [2.75, 3.05) is 0 Å². The van der Waals surface area contributed by atoms with Gasteiger partial charge in [0.2, 0.25) is 10.0 Å². The maximum atomic E-state index is 12.2. The van der Waals surface area contributed by atoms with Crippen LogP contribution >= 0.6 is 0 Å². The maximum absolute atomic E-state index is 12.2. The molecule has 118 valence electrons. The maximum Gasteiger partial charge on any atom is 0.240 e. The second-order valence-electron chi connectivity index (χ2n) is 5.69. The molecule has 0 bridgehead atoms. The van der Waals surface area contributed by atoms with Gasteiger partial charge in [-0.05, 0) is 42.5 Å². The second kappa shape index (κ2) is 7.07. The Morgan fingerprint density at radius 2 is 1.59 bits per heavy atom. The Hall–Kier alpha value is -1.65. The fourth-order valence-corrected chi connectivity index (χ4v) is 3.20. The number of hydrogen-bond donors (Lipinski definition) is 1. The highest BCUT2D eigenvalue weighted by atomic mass is 32.2. The first-order chi connectivity index (χ1) is 10.4. The van der Waals surface area contributed by atoms with Gasteiger partial charge in [0.05, 0.1) is 4.90 Å². The standard InChI is InChI=1S/C18H23NO2S/c1-4-15(3)17-9-7-16(8-10-17)13-19-22(20,21)18-11-5-14(2)6-12-18/h5-12,15,19H,4,13H2,1-3H3. The van der Waals surface area contributed by atoms with E-state index in [1.807, 2.05) is 19.1 Å². The number of aryl methyl sites for hydroxylation is 1. The summed E-state index contributed by atoms with van der Waals surface area (Å²) in [4.78, 5) is 0.300. The normalized spacial score (nSPS) is 13.0. The van der Waals surface area contributed by atoms with Gasteiger partial charge in [0.1, 0.15) is 0 Å². The summed E-state index contributed by atoms with van der Waals surface area (Å²) in [6.45, 7) is 6.59.